The van der Waals surface area contributed by atoms with E-state index < -0.39 is 0 Å². The first-order chi connectivity index (χ1) is 8.20. The molecule has 0 saturated heterocycles. The maximum absolute atomic E-state index is 11.3. The van der Waals surface area contributed by atoms with Gasteiger partial charge in [0.2, 0.25) is 5.91 Å². The summed E-state index contributed by atoms with van der Waals surface area (Å²) in [7, 11) is 3.60. The lowest BCUT2D eigenvalue weighted by Gasteiger charge is -1.99. The molecule has 0 spiro atoms. The third-order valence-electron chi connectivity index (χ3n) is 2.24. The molecule has 0 aliphatic heterocycles. The Kier molecular flexibility index (Phi) is 3.20. The van der Waals surface area contributed by atoms with E-state index in [0.29, 0.717) is 5.82 Å². The van der Waals surface area contributed by atoms with E-state index in [1.54, 1.807) is 19.3 Å². The standard InChI is InChI=1S/C10H14N6O/c1-11-6-9(17)13-8-5-7(14-15-8)10-12-3-4-16(10)2/h3-5,11H,6H2,1-2H3,(H2,13,14,15,17). The van der Waals surface area contributed by atoms with Crippen LogP contribution in [0, 0.1) is 0 Å². The van der Waals surface area contributed by atoms with Crippen LogP contribution in [0.15, 0.2) is 18.5 Å². The number of likely N-dealkylation sites (N-methyl/N-ethyl adjacent to an activating group) is 1. The summed E-state index contributed by atoms with van der Waals surface area (Å²) in [4.78, 5) is 15.5. The molecule has 0 aromatic carbocycles. The molecule has 0 bridgehead atoms. The number of imidazole rings is 1. The SMILES string of the molecule is CNCC(=O)Nc1cc(-c2nccn2C)[nH]n1. The average molecular weight is 234 g/mol. The Hall–Kier alpha value is -2.15. The molecule has 7 nitrogen and oxygen atoms in total. The van der Waals surface area contributed by atoms with Gasteiger partial charge < -0.3 is 15.2 Å². The first-order valence-corrected chi connectivity index (χ1v) is 5.18. The van der Waals surface area contributed by atoms with Crippen LogP contribution in [0.25, 0.3) is 11.5 Å². The van der Waals surface area contributed by atoms with Gasteiger partial charge in [0.25, 0.3) is 0 Å². The van der Waals surface area contributed by atoms with Crippen LogP contribution < -0.4 is 10.6 Å². The molecule has 1 amide bonds. The van der Waals surface area contributed by atoms with Crippen LogP contribution in [0.4, 0.5) is 5.82 Å². The molecule has 0 saturated carbocycles. The molecule has 2 heterocycles. The van der Waals surface area contributed by atoms with Crippen molar-refractivity contribution >= 4 is 11.7 Å². The highest BCUT2D eigenvalue weighted by molar-refractivity contribution is 5.91. The van der Waals surface area contributed by atoms with Crippen molar-refractivity contribution in [3.8, 4) is 11.5 Å². The molecular formula is C10H14N6O. The van der Waals surface area contributed by atoms with Crippen LogP contribution in [0.5, 0.6) is 0 Å². The highest BCUT2D eigenvalue weighted by Gasteiger charge is 2.09. The molecule has 0 unspecified atom stereocenters. The lowest BCUT2D eigenvalue weighted by Crippen LogP contribution is -2.25. The second-order valence-electron chi connectivity index (χ2n) is 3.61. The van der Waals surface area contributed by atoms with Gasteiger partial charge in [0.05, 0.1) is 6.54 Å². The van der Waals surface area contributed by atoms with Gasteiger partial charge in [-0.25, -0.2) is 4.98 Å². The van der Waals surface area contributed by atoms with Crippen molar-refractivity contribution in [1.29, 1.82) is 0 Å². The number of hydrogen-bond acceptors (Lipinski definition) is 4. The second-order valence-corrected chi connectivity index (χ2v) is 3.61. The zero-order valence-corrected chi connectivity index (χ0v) is 9.69. The third kappa shape index (κ3) is 2.51. The molecule has 7 heteroatoms. The number of carbonyl (C=O) groups is 1. The maximum atomic E-state index is 11.3. The van der Waals surface area contributed by atoms with Crippen LogP contribution in [0.2, 0.25) is 0 Å². The summed E-state index contributed by atoms with van der Waals surface area (Å²) in [6.07, 6.45) is 3.55. The van der Waals surface area contributed by atoms with E-state index in [9.17, 15) is 4.79 Å². The highest BCUT2D eigenvalue weighted by Crippen LogP contribution is 2.16. The molecule has 0 aliphatic rings. The first-order valence-electron chi connectivity index (χ1n) is 5.18. The van der Waals surface area contributed by atoms with Gasteiger partial charge in [0.1, 0.15) is 5.69 Å². The number of amides is 1. The normalized spacial score (nSPS) is 10.5. The molecule has 3 N–H and O–H groups in total. The molecule has 2 rings (SSSR count). The minimum Gasteiger partial charge on any atom is -0.333 e. The minimum absolute atomic E-state index is 0.134. The van der Waals surface area contributed by atoms with Gasteiger partial charge in [-0.1, -0.05) is 0 Å². The Morgan fingerprint density at radius 2 is 2.41 bits per heavy atom. The number of carbonyl (C=O) groups excluding carboxylic acids is 1. The van der Waals surface area contributed by atoms with Gasteiger partial charge >= 0.3 is 0 Å². The fraction of sp³-hybridized carbons (Fsp3) is 0.300. The fourth-order valence-electron chi connectivity index (χ4n) is 1.47. The van der Waals surface area contributed by atoms with Crippen LogP contribution in [0.3, 0.4) is 0 Å². The molecule has 2 aromatic heterocycles. The first kappa shape index (κ1) is 11.3. The number of aromatic nitrogens is 4. The lowest BCUT2D eigenvalue weighted by molar-refractivity contribution is -0.115. The molecule has 17 heavy (non-hydrogen) atoms. The van der Waals surface area contributed by atoms with E-state index in [0.717, 1.165) is 11.5 Å². The van der Waals surface area contributed by atoms with Crippen LogP contribution >= 0.6 is 0 Å². The van der Waals surface area contributed by atoms with Crippen molar-refractivity contribution in [3.05, 3.63) is 18.5 Å². The second kappa shape index (κ2) is 4.79. The van der Waals surface area contributed by atoms with E-state index >= 15 is 0 Å². The van der Waals surface area contributed by atoms with Crippen molar-refractivity contribution in [2.24, 2.45) is 7.05 Å². The number of hydrogen-bond donors (Lipinski definition) is 3. The summed E-state index contributed by atoms with van der Waals surface area (Å²) in [6, 6.07) is 1.75. The quantitative estimate of drug-likeness (QED) is 0.693. The molecule has 0 radical (unpaired) electrons. The predicted octanol–water partition coefficient (Wildman–Crippen LogP) is -0.0319. The Bertz CT molecular complexity index is 514. The molecule has 2 aromatic rings. The molecule has 90 valence electrons. The lowest BCUT2D eigenvalue weighted by atomic mass is 10.4. The van der Waals surface area contributed by atoms with Crippen molar-refractivity contribution < 1.29 is 4.79 Å². The van der Waals surface area contributed by atoms with Crippen LogP contribution in [-0.2, 0) is 11.8 Å². The molecular weight excluding hydrogens is 220 g/mol. The molecule has 0 fully saturated rings. The number of nitrogens with one attached hydrogen (secondary N) is 3. The monoisotopic (exact) mass is 234 g/mol. The third-order valence-corrected chi connectivity index (χ3v) is 2.24. The molecule has 0 aliphatic carbocycles. The van der Waals surface area contributed by atoms with Gasteiger partial charge in [-0.15, -0.1) is 0 Å². The van der Waals surface area contributed by atoms with E-state index in [1.807, 2.05) is 17.8 Å². The van der Waals surface area contributed by atoms with E-state index in [-0.39, 0.29) is 12.5 Å². The summed E-state index contributed by atoms with van der Waals surface area (Å²) in [5.74, 6) is 1.13. The Balaban J connectivity index is 2.11. The summed E-state index contributed by atoms with van der Waals surface area (Å²) in [5.41, 5.74) is 0.761. The summed E-state index contributed by atoms with van der Waals surface area (Å²) in [5, 5.41) is 12.3. The summed E-state index contributed by atoms with van der Waals surface area (Å²) >= 11 is 0. The Labute approximate surface area is 98.2 Å². The summed E-state index contributed by atoms with van der Waals surface area (Å²) in [6.45, 7) is 0.255. The van der Waals surface area contributed by atoms with E-state index in [2.05, 4.69) is 25.8 Å². The maximum Gasteiger partial charge on any atom is 0.239 e. The number of H-pyrrole nitrogens is 1. The van der Waals surface area contributed by atoms with Crippen molar-refractivity contribution in [2.75, 3.05) is 18.9 Å². The van der Waals surface area contributed by atoms with E-state index in [1.165, 1.54) is 0 Å². The zero-order valence-electron chi connectivity index (χ0n) is 9.69. The number of anilines is 1. The number of aryl methyl sites for hydroxylation is 1. The number of aromatic amines is 1. The Morgan fingerprint density at radius 3 is 3.06 bits per heavy atom. The largest absolute Gasteiger partial charge is 0.333 e. The minimum atomic E-state index is -0.134. The summed E-state index contributed by atoms with van der Waals surface area (Å²) < 4.78 is 1.87. The van der Waals surface area contributed by atoms with Crippen LogP contribution in [0.1, 0.15) is 0 Å². The van der Waals surface area contributed by atoms with Gasteiger partial charge in [-0.3, -0.25) is 9.89 Å². The van der Waals surface area contributed by atoms with Crippen LogP contribution in [-0.4, -0.2) is 39.2 Å². The Morgan fingerprint density at radius 1 is 1.59 bits per heavy atom. The van der Waals surface area contributed by atoms with Gasteiger partial charge in [-0.05, 0) is 7.05 Å². The van der Waals surface area contributed by atoms with Crippen molar-refractivity contribution in [2.45, 2.75) is 0 Å². The topological polar surface area (TPSA) is 87.6 Å². The predicted molar refractivity (Wildman–Crippen MR) is 63.3 cm³/mol. The fourth-order valence-corrected chi connectivity index (χ4v) is 1.47. The average Bonchev–Trinajstić information content (AvgIpc) is 2.87. The number of rotatable bonds is 4. The van der Waals surface area contributed by atoms with Gasteiger partial charge in [0, 0.05) is 25.5 Å². The number of nitrogens with zero attached hydrogens (tertiary/aromatic N) is 3. The zero-order chi connectivity index (χ0) is 12.3. The molecule has 0 atom stereocenters. The van der Waals surface area contributed by atoms with Crippen molar-refractivity contribution in [3.63, 3.8) is 0 Å². The van der Waals surface area contributed by atoms with Gasteiger partial charge in [0.15, 0.2) is 11.6 Å². The van der Waals surface area contributed by atoms with E-state index in [4.69, 9.17) is 0 Å². The van der Waals surface area contributed by atoms with Crippen molar-refractivity contribution in [1.82, 2.24) is 25.1 Å². The van der Waals surface area contributed by atoms with Gasteiger partial charge in [-0.2, -0.15) is 5.10 Å². The highest BCUT2D eigenvalue weighted by atomic mass is 16.2. The smallest absolute Gasteiger partial charge is 0.239 e.